The lowest BCUT2D eigenvalue weighted by molar-refractivity contribution is 0.474. The van der Waals surface area contributed by atoms with Gasteiger partial charge in [-0.3, -0.25) is 0 Å². The summed E-state index contributed by atoms with van der Waals surface area (Å²) in [4.78, 5) is 0. The number of fused-ring (bicyclic) bond motifs is 1. The van der Waals surface area contributed by atoms with E-state index in [-0.39, 0.29) is 5.75 Å². The van der Waals surface area contributed by atoms with Crippen molar-refractivity contribution in [2.75, 3.05) is 6.54 Å². The van der Waals surface area contributed by atoms with E-state index in [1.54, 1.807) is 18.4 Å². The molecule has 0 unspecified atom stereocenters. The Hall–Kier alpha value is -1.48. The van der Waals surface area contributed by atoms with E-state index in [0.717, 1.165) is 17.4 Å². The standard InChI is InChI=1S/C10H11NO2/c11-4-3-7-6-13-10-5-8(12)1-2-9(7)10/h1-2,5-6,12H,3-4,11H2. The Labute approximate surface area is 75.8 Å². The number of phenolic OH excluding ortho intramolecular Hbond substituents is 1. The Balaban J connectivity index is 2.55. The van der Waals surface area contributed by atoms with Crippen LogP contribution in [0, 0.1) is 0 Å². The number of benzene rings is 1. The number of rotatable bonds is 2. The van der Waals surface area contributed by atoms with E-state index < -0.39 is 0 Å². The third-order valence-corrected chi connectivity index (χ3v) is 2.05. The van der Waals surface area contributed by atoms with E-state index in [1.807, 2.05) is 6.07 Å². The van der Waals surface area contributed by atoms with Crippen molar-refractivity contribution >= 4 is 11.0 Å². The molecule has 0 fully saturated rings. The van der Waals surface area contributed by atoms with E-state index in [2.05, 4.69) is 0 Å². The Morgan fingerprint density at radius 2 is 2.23 bits per heavy atom. The molecule has 0 bridgehead atoms. The molecule has 2 rings (SSSR count). The zero-order valence-corrected chi connectivity index (χ0v) is 7.16. The number of aromatic hydroxyl groups is 1. The van der Waals surface area contributed by atoms with Gasteiger partial charge >= 0.3 is 0 Å². The third kappa shape index (κ3) is 1.38. The molecule has 0 saturated carbocycles. The lowest BCUT2D eigenvalue weighted by Crippen LogP contribution is -2.01. The van der Waals surface area contributed by atoms with Crippen molar-refractivity contribution in [2.24, 2.45) is 5.73 Å². The first-order valence-corrected chi connectivity index (χ1v) is 4.20. The summed E-state index contributed by atoms with van der Waals surface area (Å²) in [7, 11) is 0. The maximum atomic E-state index is 9.18. The van der Waals surface area contributed by atoms with Gasteiger partial charge in [0.05, 0.1) is 6.26 Å². The van der Waals surface area contributed by atoms with Crippen molar-refractivity contribution in [3.63, 3.8) is 0 Å². The van der Waals surface area contributed by atoms with Crippen LogP contribution >= 0.6 is 0 Å². The minimum Gasteiger partial charge on any atom is -0.508 e. The lowest BCUT2D eigenvalue weighted by Gasteiger charge is -1.94. The third-order valence-electron chi connectivity index (χ3n) is 2.05. The Bertz CT molecular complexity index is 420. The molecular weight excluding hydrogens is 166 g/mol. The van der Waals surface area contributed by atoms with Gasteiger partial charge in [-0.15, -0.1) is 0 Å². The summed E-state index contributed by atoms with van der Waals surface area (Å²) < 4.78 is 5.27. The molecule has 2 aromatic rings. The van der Waals surface area contributed by atoms with Crippen molar-refractivity contribution in [3.8, 4) is 5.75 Å². The molecule has 1 aromatic heterocycles. The van der Waals surface area contributed by atoms with Gasteiger partial charge in [-0.05, 0) is 30.7 Å². The minimum atomic E-state index is 0.223. The summed E-state index contributed by atoms with van der Waals surface area (Å²) in [5.74, 6) is 0.223. The fraction of sp³-hybridized carbons (Fsp3) is 0.200. The highest BCUT2D eigenvalue weighted by Crippen LogP contribution is 2.24. The first-order chi connectivity index (χ1) is 6.31. The Morgan fingerprint density at radius 3 is 3.00 bits per heavy atom. The second-order valence-corrected chi connectivity index (χ2v) is 2.98. The molecule has 3 heteroatoms. The molecule has 0 atom stereocenters. The lowest BCUT2D eigenvalue weighted by atomic mass is 10.1. The van der Waals surface area contributed by atoms with Crippen LogP contribution in [0.3, 0.4) is 0 Å². The molecule has 3 N–H and O–H groups in total. The molecule has 3 nitrogen and oxygen atoms in total. The van der Waals surface area contributed by atoms with Crippen LogP contribution in [-0.2, 0) is 6.42 Å². The first-order valence-electron chi connectivity index (χ1n) is 4.20. The van der Waals surface area contributed by atoms with Gasteiger partial charge in [0, 0.05) is 11.5 Å². The van der Waals surface area contributed by atoms with Gasteiger partial charge < -0.3 is 15.3 Å². The number of nitrogens with two attached hydrogens (primary N) is 1. The normalized spacial score (nSPS) is 10.8. The van der Waals surface area contributed by atoms with Gasteiger partial charge in [0.15, 0.2) is 0 Å². The summed E-state index contributed by atoms with van der Waals surface area (Å²) in [6, 6.07) is 5.10. The van der Waals surface area contributed by atoms with Crippen LogP contribution in [0.4, 0.5) is 0 Å². The molecule has 0 aliphatic carbocycles. The number of hydrogen-bond acceptors (Lipinski definition) is 3. The van der Waals surface area contributed by atoms with Crippen LogP contribution in [-0.4, -0.2) is 11.7 Å². The van der Waals surface area contributed by atoms with E-state index >= 15 is 0 Å². The molecule has 0 amide bonds. The number of hydrogen-bond donors (Lipinski definition) is 2. The van der Waals surface area contributed by atoms with Gasteiger partial charge in [-0.25, -0.2) is 0 Å². The molecule has 0 spiro atoms. The van der Waals surface area contributed by atoms with Gasteiger partial charge in [0.1, 0.15) is 11.3 Å². The molecular formula is C10H11NO2. The highest BCUT2D eigenvalue weighted by atomic mass is 16.3. The quantitative estimate of drug-likeness (QED) is 0.733. The molecule has 0 radical (unpaired) electrons. The van der Waals surface area contributed by atoms with Crippen LogP contribution < -0.4 is 5.73 Å². The predicted octanol–water partition coefficient (Wildman–Crippen LogP) is 1.64. The van der Waals surface area contributed by atoms with E-state index in [4.69, 9.17) is 10.2 Å². The fourth-order valence-corrected chi connectivity index (χ4v) is 1.42. The summed E-state index contributed by atoms with van der Waals surface area (Å²) in [6.07, 6.45) is 2.49. The molecule has 0 saturated heterocycles. The topological polar surface area (TPSA) is 59.4 Å². The summed E-state index contributed by atoms with van der Waals surface area (Å²) in [6.45, 7) is 0.607. The molecule has 1 heterocycles. The fourth-order valence-electron chi connectivity index (χ4n) is 1.42. The van der Waals surface area contributed by atoms with Crippen molar-refractivity contribution in [1.29, 1.82) is 0 Å². The van der Waals surface area contributed by atoms with Gasteiger partial charge in [0.25, 0.3) is 0 Å². The second-order valence-electron chi connectivity index (χ2n) is 2.98. The molecule has 13 heavy (non-hydrogen) atoms. The van der Waals surface area contributed by atoms with Crippen molar-refractivity contribution in [1.82, 2.24) is 0 Å². The van der Waals surface area contributed by atoms with Crippen molar-refractivity contribution < 1.29 is 9.52 Å². The highest BCUT2D eigenvalue weighted by Gasteiger charge is 2.04. The Morgan fingerprint density at radius 1 is 1.38 bits per heavy atom. The molecule has 68 valence electrons. The summed E-state index contributed by atoms with van der Waals surface area (Å²) in [5, 5.41) is 10.2. The summed E-state index contributed by atoms with van der Waals surface area (Å²) in [5.41, 5.74) is 7.26. The second kappa shape index (κ2) is 3.11. The van der Waals surface area contributed by atoms with E-state index in [1.165, 1.54) is 0 Å². The Kier molecular flexibility index (Phi) is 1.94. The van der Waals surface area contributed by atoms with Crippen molar-refractivity contribution in [3.05, 3.63) is 30.0 Å². The molecule has 0 aliphatic heterocycles. The van der Waals surface area contributed by atoms with Gasteiger partial charge in [-0.2, -0.15) is 0 Å². The van der Waals surface area contributed by atoms with Crippen molar-refractivity contribution in [2.45, 2.75) is 6.42 Å². The van der Waals surface area contributed by atoms with Crippen LogP contribution in [0.1, 0.15) is 5.56 Å². The maximum absolute atomic E-state index is 9.18. The monoisotopic (exact) mass is 177 g/mol. The van der Waals surface area contributed by atoms with Crippen LogP contribution in [0.15, 0.2) is 28.9 Å². The van der Waals surface area contributed by atoms with Gasteiger partial charge in [-0.1, -0.05) is 0 Å². The van der Waals surface area contributed by atoms with Crippen LogP contribution in [0.25, 0.3) is 11.0 Å². The van der Waals surface area contributed by atoms with Crippen LogP contribution in [0.2, 0.25) is 0 Å². The van der Waals surface area contributed by atoms with Crippen LogP contribution in [0.5, 0.6) is 5.75 Å². The van der Waals surface area contributed by atoms with E-state index in [9.17, 15) is 5.11 Å². The molecule has 0 aliphatic rings. The van der Waals surface area contributed by atoms with E-state index in [0.29, 0.717) is 12.1 Å². The highest BCUT2D eigenvalue weighted by molar-refractivity contribution is 5.82. The predicted molar refractivity (Wildman–Crippen MR) is 50.6 cm³/mol. The smallest absolute Gasteiger partial charge is 0.137 e. The number of phenols is 1. The SMILES string of the molecule is NCCc1coc2cc(O)ccc12. The minimum absolute atomic E-state index is 0.223. The maximum Gasteiger partial charge on any atom is 0.137 e. The zero-order valence-electron chi connectivity index (χ0n) is 7.16. The average Bonchev–Trinajstić information content (AvgIpc) is 2.49. The molecule has 1 aromatic carbocycles. The number of furan rings is 1. The average molecular weight is 177 g/mol. The van der Waals surface area contributed by atoms with Gasteiger partial charge in [0.2, 0.25) is 0 Å². The largest absolute Gasteiger partial charge is 0.508 e. The summed E-state index contributed by atoms with van der Waals surface area (Å²) >= 11 is 0. The first kappa shape index (κ1) is 8.13. The zero-order chi connectivity index (χ0) is 9.26.